The zero-order valence-electron chi connectivity index (χ0n) is 11.5. The van der Waals surface area contributed by atoms with E-state index in [-0.39, 0.29) is 13.0 Å². The Morgan fingerprint density at radius 2 is 1.85 bits per heavy atom. The lowest BCUT2D eigenvalue weighted by molar-refractivity contribution is -0.143. The first-order valence-electron chi connectivity index (χ1n) is 6.26. The summed E-state index contributed by atoms with van der Waals surface area (Å²) in [7, 11) is 0. The van der Waals surface area contributed by atoms with Crippen LogP contribution >= 0.6 is 0 Å². The highest BCUT2D eigenvalue weighted by molar-refractivity contribution is 5.83. The van der Waals surface area contributed by atoms with E-state index >= 15 is 0 Å². The number of rotatable bonds is 7. The summed E-state index contributed by atoms with van der Waals surface area (Å²) in [5, 5.41) is 19.7. The minimum atomic E-state index is -1.27. The zero-order chi connectivity index (χ0) is 15.1. The Labute approximate surface area is 117 Å². The Bertz CT molecular complexity index is 466. The molecule has 3 N–H and O–H groups in total. The molecule has 1 rings (SSSR count). The van der Waals surface area contributed by atoms with E-state index < -0.39 is 24.5 Å². The lowest BCUT2D eigenvalue weighted by Crippen LogP contribution is -2.43. The van der Waals surface area contributed by atoms with Crippen molar-refractivity contribution in [1.82, 2.24) is 5.32 Å². The third-order valence-electron chi connectivity index (χ3n) is 2.61. The Kier molecular flexibility index (Phi) is 5.99. The summed E-state index contributed by atoms with van der Waals surface area (Å²) in [6.07, 6.45) is 0.0246. The number of carboxylic acids is 1. The molecule has 110 valence electrons. The lowest BCUT2D eigenvalue weighted by atomic mass is 10.1. The normalized spacial score (nSPS) is 11.8. The Hall–Kier alpha value is -2.08. The number of ether oxygens (including phenoxy) is 1. The van der Waals surface area contributed by atoms with Crippen LogP contribution in [0.5, 0.6) is 5.75 Å². The van der Waals surface area contributed by atoms with Crippen LogP contribution in [0.25, 0.3) is 0 Å². The molecule has 6 heteroatoms. The lowest BCUT2D eigenvalue weighted by Gasteiger charge is -2.12. The number of benzene rings is 1. The molecule has 1 aromatic rings. The first-order valence-corrected chi connectivity index (χ1v) is 6.26. The van der Waals surface area contributed by atoms with E-state index in [9.17, 15) is 9.59 Å². The topological polar surface area (TPSA) is 95.9 Å². The fourth-order valence-electron chi connectivity index (χ4n) is 1.73. The molecule has 0 heterocycles. The highest BCUT2D eigenvalue weighted by Gasteiger charge is 2.18. The van der Waals surface area contributed by atoms with Gasteiger partial charge >= 0.3 is 5.97 Å². The number of hydrogen-bond acceptors (Lipinski definition) is 4. The average molecular weight is 281 g/mol. The summed E-state index contributed by atoms with van der Waals surface area (Å²) in [5.41, 5.74) is 2.13. The molecule has 6 nitrogen and oxygen atoms in total. The fourth-order valence-corrected chi connectivity index (χ4v) is 1.73. The summed E-state index contributed by atoms with van der Waals surface area (Å²) in [6.45, 7) is 3.40. The third-order valence-corrected chi connectivity index (χ3v) is 2.61. The van der Waals surface area contributed by atoms with Crippen LogP contribution in [0.4, 0.5) is 0 Å². The van der Waals surface area contributed by atoms with Crippen LogP contribution in [0.2, 0.25) is 0 Å². The summed E-state index contributed by atoms with van der Waals surface area (Å²) in [6, 6.07) is 4.46. The second kappa shape index (κ2) is 7.49. The van der Waals surface area contributed by atoms with Gasteiger partial charge in [0, 0.05) is 0 Å². The highest BCUT2D eigenvalue weighted by atomic mass is 16.5. The molecule has 0 aliphatic heterocycles. The van der Waals surface area contributed by atoms with Gasteiger partial charge in [0.1, 0.15) is 11.8 Å². The van der Waals surface area contributed by atoms with E-state index in [0.29, 0.717) is 5.75 Å². The van der Waals surface area contributed by atoms with Crippen LogP contribution in [0.1, 0.15) is 17.5 Å². The Morgan fingerprint density at radius 1 is 1.25 bits per heavy atom. The highest BCUT2D eigenvalue weighted by Crippen LogP contribution is 2.16. The van der Waals surface area contributed by atoms with Gasteiger partial charge in [0.15, 0.2) is 0 Å². The molecule has 0 aliphatic carbocycles. The average Bonchev–Trinajstić information content (AvgIpc) is 2.34. The second-order valence-corrected chi connectivity index (χ2v) is 4.56. The maximum absolute atomic E-state index is 11.5. The van der Waals surface area contributed by atoms with E-state index in [0.717, 1.165) is 11.1 Å². The summed E-state index contributed by atoms with van der Waals surface area (Å²) >= 11 is 0. The van der Waals surface area contributed by atoms with Crippen LogP contribution in [-0.2, 0) is 9.59 Å². The van der Waals surface area contributed by atoms with Crippen molar-refractivity contribution in [2.45, 2.75) is 26.3 Å². The fraction of sp³-hybridized carbons (Fsp3) is 0.429. The summed E-state index contributed by atoms with van der Waals surface area (Å²) in [5.74, 6) is -1.07. The number of hydrogen-bond donors (Lipinski definition) is 3. The number of aliphatic hydroxyl groups excluding tert-OH is 1. The monoisotopic (exact) mass is 281 g/mol. The smallest absolute Gasteiger partial charge is 0.328 e. The van der Waals surface area contributed by atoms with Gasteiger partial charge < -0.3 is 20.3 Å². The molecular formula is C14H19NO5. The number of carboxylic acid groups (broad SMARTS) is 1. The van der Waals surface area contributed by atoms with E-state index in [1.54, 1.807) is 0 Å². The number of carbonyl (C=O) groups is 2. The van der Waals surface area contributed by atoms with E-state index in [4.69, 9.17) is 14.9 Å². The van der Waals surface area contributed by atoms with Gasteiger partial charge in [-0.2, -0.15) is 0 Å². The minimum Gasteiger partial charge on any atom is -0.493 e. The largest absolute Gasteiger partial charge is 0.493 e. The van der Waals surface area contributed by atoms with E-state index in [1.807, 2.05) is 32.0 Å². The minimum absolute atomic E-state index is 0.0246. The van der Waals surface area contributed by atoms with Crippen molar-refractivity contribution in [2.75, 3.05) is 13.2 Å². The Morgan fingerprint density at radius 3 is 2.35 bits per heavy atom. The van der Waals surface area contributed by atoms with E-state index in [1.165, 1.54) is 0 Å². The third kappa shape index (κ3) is 5.27. The Balaban J connectivity index is 2.40. The van der Waals surface area contributed by atoms with Crippen molar-refractivity contribution >= 4 is 11.9 Å². The van der Waals surface area contributed by atoms with Crippen LogP contribution in [0, 0.1) is 13.8 Å². The molecule has 0 saturated heterocycles. The van der Waals surface area contributed by atoms with Crippen molar-refractivity contribution in [2.24, 2.45) is 0 Å². The van der Waals surface area contributed by atoms with Gasteiger partial charge in [-0.05, 0) is 37.1 Å². The number of amides is 1. The molecular weight excluding hydrogens is 262 g/mol. The molecule has 0 spiro atoms. The molecule has 0 aromatic heterocycles. The van der Waals surface area contributed by atoms with E-state index in [2.05, 4.69) is 5.32 Å². The summed E-state index contributed by atoms with van der Waals surface area (Å²) in [4.78, 5) is 22.1. The van der Waals surface area contributed by atoms with Crippen molar-refractivity contribution in [3.8, 4) is 5.75 Å². The molecule has 0 bridgehead atoms. The number of aryl methyl sites for hydroxylation is 2. The maximum Gasteiger partial charge on any atom is 0.328 e. The molecule has 1 atom stereocenters. The molecule has 1 aromatic carbocycles. The number of aliphatic carboxylic acids is 1. The predicted molar refractivity (Wildman–Crippen MR) is 72.7 cm³/mol. The molecule has 0 aliphatic rings. The molecule has 0 fully saturated rings. The van der Waals surface area contributed by atoms with Gasteiger partial charge in [-0.1, -0.05) is 6.07 Å². The van der Waals surface area contributed by atoms with Gasteiger partial charge in [0.25, 0.3) is 0 Å². The van der Waals surface area contributed by atoms with Gasteiger partial charge in [0.2, 0.25) is 5.91 Å². The standard InChI is InChI=1S/C14H19NO5/c1-9-5-10(2)7-11(6-9)20-4-3-13(17)15-12(8-16)14(18)19/h5-7,12,16H,3-4,8H2,1-2H3,(H,15,17)(H,18,19). The molecule has 0 radical (unpaired) electrons. The molecule has 1 unspecified atom stereocenters. The van der Waals surface area contributed by atoms with Crippen molar-refractivity contribution in [3.63, 3.8) is 0 Å². The van der Waals surface area contributed by atoms with Crippen LogP contribution in [-0.4, -0.2) is 41.3 Å². The number of nitrogens with one attached hydrogen (secondary N) is 1. The second-order valence-electron chi connectivity index (χ2n) is 4.56. The molecule has 20 heavy (non-hydrogen) atoms. The van der Waals surface area contributed by atoms with Crippen LogP contribution < -0.4 is 10.1 Å². The van der Waals surface area contributed by atoms with Gasteiger partial charge in [-0.3, -0.25) is 4.79 Å². The molecule has 0 saturated carbocycles. The van der Waals surface area contributed by atoms with Crippen molar-refractivity contribution < 1.29 is 24.5 Å². The predicted octanol–water partition coefficient (Wildman–Crippen LogP) is 0.634. The number of aliphatic hydroxyl groups is 1. The van der Waals surface area contributed by atoms with Crippen LogP contribution in [0.3, 0.4) is 0 Å². The quantitative estimate of drug-likeness (QED) is 0.681. The van der Waals surface area contributed by atoms with Crippen molar-refractivity contribution in [1.29, 1.82) is 0 Å². The van der Waals surface area contributed by atoms with Gasteiger partial charge in [-0.15, -0.1) is 0 Å². The van der Waals surface area contributed by atoms with Crippen molar-refractivity contribution in [3.05, 3.63) is 29.3 Å². The first kappa shape index (κ1) is 16.0. The maximum atomic E-state index is 11.5. The summed E-state index contributed by atoms with van der Waals surface area (Å²) < 4.78 is 5.44. The molecule has 1 amide bonds. The van der Waals surface area contributed by atoms with Crippen LogP contribution in [0.15, 0.2) is 18.2 Å². The van der Waals surface area contributed by atoms with Gasteiger partial charge in [-0.25, -0.2) is 4.79 Å². The SMILES string of the molecule is Cc1cc(C)cc(OCCC(=O)NC(CO)C(=O)O)c1. The first-order chi connectivity index (χ1) is 9.42. The van der Waals surface area contributed by atoms with Gasteiger partial charge in [0.05, 0.1) is 19.6 Å². The zero-order valence-corrected chi connectivity index (χ0v) is 11.5. The number of carbonyl (C=O) groups excluding carboxylic acids is 1.